The molecule has 0 saturated heterocycles. The van der Waals surface area contributed by atoms with E-state index in [0.717, 1.165) is 58.1 Å². The highest BCUT2D eigenvalue weighted by molar-refractivity contribution is 6.33. The van der Waals surface area contributed by atoms with Crippen LogP contribution in [0.4, 0.5) is 5.82 Å². The van der Waals surface area contributed by atoms with Crippen molar-refractivity contribution in [1.82, 2.24) is 14.4 Å². The molecule has 2 N–H and O–H groups in total. The van der Waals surface area contributed by atoms with Gasteiger partial charge in [-0.05, 0) is 36.0 Å². The summed E-state index contributed by atoms with van der Waals surface area (Å²) in [5, 5.41) is 0.642. The molecule has 30 heavy (non-hydrogen) atoms. The lowest BCUT2D eigenvalue weighted by Crippen LogP contribution is -2.21. The van der Waals surface area contributed by atoms with Crippen LogP contribution in [0.15, 0.2) is 67.5 Å². The van der Waals surface area contributed by atoms with E-state index in [9.17, 15) is 0 Å². The maximum absolute atomic E-state index is 6.70. The van der Waals surface area contributed by atoms with Crippen molar-refractivity contribution in [3.8, 4) is 11.3 Å². The summed E-state index contributed by atoms with van der Waals surface area (Å²) in [7, 11) is 0. The summed E-state index contributed by atoms with van der Waals surface area (Å²) >= 11 is 6.70. The number of hydrogen-bond donors (Lipinski definition) is 1. The van der Waals surface area contributed by atoms with E-state index in [2.05, 4.69) is 22.9 Å². The summed E-state index contributed by atoms with van der Waals surface area (Å²) in [6.45, 7) is 6.52. The van der Waals surface area contributed by atoms with Crippen molar-refractivity contribution in [2.24, 2.45) is 5.92 Å². The predicted molar refractivity (Wildman–Crippen MR) is 124 cm³/mol. The molecule has 0 atom stereocenters. The second-order valence-corrected chi connectivity index (χ2v) is 8.57. The third-order valence-corrected chi connectivity index (χ3v) is 6.35. The molecule has 4 aromatic rings. The molecule has 5 heteroatoms. The number of halogens is 1. The summed E-state index contributed by atoms with van der Waals surface area (Å²) < 4.78 is 2.10. The number of benzene rings is 2. The fraction of sp³-hybridized carbons (Fsp3) is 0.200. The summed E-state index contributed by atoms with van der Waals surface area (Å²) in [5.74, 6) is 2.73. The van der Waals surface area contributed by atoms with Crippen LogP contribution in [0, 0.1) is 5.92 Å². The molecule has 1 saturated carbocycles. The number of fused-ring (bicyclic) bond motifs is 1. The molecule has 0 spiro atoms. The number of hydrogen-bond acceptors (Lipinski definition) is 3. The summed E-state index contributed by atoms with van der Waals surface area (Å²) in [4.78, 5) is 9.32. The van der Waals surface area contributed by atoms with Crippen LogP contribution in [0.2, 0.25) is 5.02 Å². The van der Waals surface area contributed by atoms with Crippen LogP contribution in [-0.2, 0) is 0 Å². The zero-order chi connectivity index (χ0) is 20.8. The van der Waals surface area contributed by atoms with Crippen molar-refractivity contribution >= 4 is 28.5 Å². The van der Waals surface area contributed by atoms with E-state index in [0.29, 0.717) is 16.8 Å². The van der Waals surface area contributed by atoms with E-state index >= 15 is 0 Å². The number of aromatic nitrogens is 3. The Hall–Kier alpha value is -3.11. The van der Waals surface area contributed by atoms with Gasteiger partial charge in [0.05, 0.1) is 0 Å². The lowest BCUT2D eigenvalue weighted by molar-refractivity contribution is 0.277. The molecular weight excluding hydrogens is 392 g/mol. The Labute approximate surface area is 181 Å². The van der Waals surface area contributed by atoms with Gasteiger partial charge in [0.1, 0.15) is 22.9 Å². The average molecular weight is 415 g/mol. The average Bonchev–Trinajstić information content (AvgIpc) is 3.12. The van der Waals surface area contributed by atoms with E-state index in [-0.39, 0.29) is 0 Å². The SMILES string of the molecule is C=C(c1ccccc1)c1ccc(-c2nc(C3CC(C)C3)n3ccnc(N)c23)cc1Cl. The van der Waals surface area contributed by atoms with E-state index in [1.165, 1.54) is 0 Å². The van der Waals surface area contributed by atoms with E-state index in [1.54, 1.807) is 6.20 Å². The Kier molecular flexibility index (Phi) is 4.59. The fourth-order valence-corrected chi connectivity index (χ4v) is 4.69. The zero-order valence-electron chi connectivity index (χ0n) is 16.8. The van der Waals surface area contributed by atoms with Gasteiger partial charge in [-0.3, -0.25) is 4.40 Å². The van der Waals surface area contributed by atoms with Gasteiger partial charge in [-0.15, -0.1) is 0 Å². The largest absolute Gasteiger partial charge is 0.382 e. The van der Waals surface area contributed by atoms with Crippen LogP contribution in [0.3, 0.4) is 0 Å². The fourth-order valence-electron chi connectivity index (χ4n) is 4.39. The van der Waals surface area contributed by atoms with Crippen LogP contribution in [0.5, 0.6) is 0 Å². The molecule has 1 aliphatic carbocycles. The van der Waals surface area contributed by atoms with E-state index < -0.39 is 0 Å². The molecule has 1 fully saturated rings. The van der Waals surface area contributed by atoms with Gasteiger partial charge in [0.15, 0.2) is 0 Å². The molecule has 0 aliphatic heterocycles. The quantitative estimate of drug-likeness (QED) is 0.432. The molecule has 2 aromatic carbocycles. The first kappa shape index (κ1) is 18.9. The minimum absolute atomic E-state index is 0.454. The van der Waals surface area contributed by atoms with Gasteiger partial charge in [-0.25, -0.2) is 9.97 Å². The zero-order valence-corrected chi connectivity index (χ0v) is 17.6. The summed E-state index contributed by atoms with van der Waals surface area (Å²) in [6.07, 6.45) is 5.99. The molecule has 150 valence electrons. The summed E-state index contributed by atoms with van der Waals surface area (Å²) in [6, 6.07) is 16.1. The normalized spacial score (nSPS) is 18.3. The monoisotopic (exact) mass is 414 g/mol. The number of rotatable bonds is 4. The minimum atomic E-state index is 0.454. The predicted octanol–water partition coefficient (Wildman–Crippen LogP) is 6.21. The van der Waals surface area contributed by atoms with Crippen LogP contribution < -0.4 is 5.73 Å². The number of nitrogens with two attached hydrogens (primary N) is 1. The Bertz CT molecular complexity index is 1250. The number of imidazole rings is 1. The van der Waals surface area contributed by atoms with Crippen molar-refractivity contribution in [3.05, 3.63) is 89.5 Å². The molecule has 0 radical (unpaired) electrons. The highest BCUT2D eigenvalue weighted by Crippen LogP contribution is 2.43. The third-order valence-electron chi connectivity index (χ3n) is 6.04. The third kappa shape index (κ3) is 3.08. The van der Waals surface area contributed by atoms with Crippen molar-refractivity contribution in [2.45, 2.75) is 25.7 Å². The van der Waals surface area contributed by atoms with Gasteiger partial charge in [0.25, 0.3) is 0 Å². The summed E-state index contributed by atoms with van der Waals surface area (Å²) in [5.41, 5.74) is 11.7. The van der Waals surface area contributed by atoms with Crippen molar-refractivity contribution < 1.29 is 0 Å². The maximum atomic E-state index is 6.70. The van der Waals surface area contributed by atoms with Gasteiger partial charge >= 0.3 is 0 Å². The van der Waals surface area contributed by atoms with E-state index in [1.807, 2.05) is 54.7 Å². The van der Waals surface area contributed by atoms with Crippen molar-refractivity contribution in [3.63, 3.8) is 0 Å². The van der Waals surface area contributed by atoms with E-state index in [4.69, 9.17) is 22.3 Å². The van der Waals surface area contributed by atoms with Gasteiger partial charge < -0.3 is 5.73 Å². The molecule has 0 bridgehead atoms. The molecule has 4 nitrogen and oxygen atoms in total. The first-order valence-electron chi connectivity index (χ1n) is 10.2. The first-order chi connectivity index (χ1) is 14.5. The van der Waals surface area contributed by atoms with Crippen LogP contribution in [0.25, 0.3) is 22.3 Å². The standard InChI is InChI=1S/C25H23ClN4/c1-15-12-19(13-15)25-29-22(23-24(27)28-10-11-30(23)25)18-8-9-20(21(26)14-18)16(2)17-6-4-3-5-7-17/h3-11,14-15,19H,2,12-13H2,1H3,(H2,27,28). The highest BCUT2D eigenvalue weighted by atomic mass is 35.5. The highest BCUT2D eigenvalue weighted by Gasteiger charge is 2.31. The Morgan fingerprint density at radius 3 is 2.63 bits per heavy atom. The number of anilines is 1. The minimum Gasteiger partial charge on any atom is -0.382 e. The van der Waals surface area contributed by atoms with Crippen LogP contribution >= 0.6 is 11.6 Å². The number of nitrogens with zero attached hydrogens (tertiary/aromatic N) is 3. The molecule has 0 amide bonds. The van der Waals surface area contributed by atoms with Crippen molar-refractivity contribution in [2.75, 3.05) is 5.73 Å². The molecule has 2 aromatic heterocycles. The molecular formula is C25H23ClN4. The molecule has 1 aliphatic rings. The smallest absolute Gasteiger partial charge is 0.150 e. The molecule has 2 heterocycles. The molecule has 0 unspecified atom stereocenters. The van der Waals surface area contributed by atoms with Crippen LogP contribution in [0.1, 0.15) is 42.6 Å². The Morgan fingerprint density at radius 1 is 1.17 bits per heavy atom. The van der Waals surface area contributed by atoms with Crippen molar-refractivity contribution in [1.29, 1.82) is 0 Å². The Morgan fingerprint density at radius 2 is 1.93 bits per heavy atom. The van der Waals surface area contributed by atoms with Gasteiger partial charge in [-0.2, -0.15) is 0 Å². The second-order valence-electron chi connectivity index (χ2n) is 8.16. The van der Waals surface area contributed by atoms with Crippen LogP contribution in [-0.4, -0.2) is 14.4 Å². The van der Waals surface area contributed by atoms with Gasteiger partial charge in [0.2, 0.25) is 0 Å². The molecule has 5 rings (SSSR count). The number of nitrogen functional groups attached to an aromatic ring is 1. The lowest BCUT2D eigenvalue weighted by Gasteiger charge is -2.31. The second kappa shape index (κ2) is 7.29. The first-order valence-corrected chi connectivity index (χ1v) is 10.6. The lowest BCUT2D eigenvalue weighted by atomic mass is 9.76. The maximum Gasteiger partial charge on any atom is 0.150 e. The topological polar surface area (TPSA) is 56.2 Å². The van der Waals surface area contributed by atoms with Gasteiger partial charge in [0, 0.05) is 34.5 Å². The van der Waals surface area contributed by atoms with Gasteiger partial charge in [-0.1, -0.05) is 67.6 Å². The Balaban J connectivity index is 1.59.